The van der Waals surface area contributed by atoms with Gasteiger partial charge in [-0.1, -0.05) is 11.8 Å². The molecule has 3 aromatic rings. The molecule has 9 heteroatoms. The highest BCUT2D eigenvalue weighted by Gasteiger charge is 2.30. The van der Waals surface area contributed by atoms with Crippen molar-refractivity contribution in [2.45, 2.75) is 24.0 Å². The second-order valence-electron chi connectivity index (χ2n) is 6.64. The first-order chi connectivity index (χ1) is 14.2. The molecule has 1 aliphatic carbocycles. The predicted molar refractivity (Wildman–Crippen MR) is 111 cm³/mol. The average molecular weight is 408 g/mol. The number of benzene rings is 1. The first-order valence-corrected chi connectivity index (χ1v) is 10.2. The lowest BCUT2D eigenvalue weighted by atomic mass is 10.2. The Kier molecular flexibility index (Phi) is 5.57. The number of amides is 2. The summed E-state index contributed by atoms with van der Waals surface area (Å²) in [6.45, 7) is 0. The number of rotatable bonds is 7. The molecular weight excluding hydrogens is 388 g/mol. The largest absolute Gasteiger partial charge is 0.355 e. The number of pyridine rings is 1. The number of nitrogens with one attached hydrogen (secondary N) is 2. The summed E-state index contributed by atoms with van der Waals surface area (Å²) in [5, 5.41) is 14.8. The highest BCUT2D eigenvalue weighted by molar-refractivity contribution is 7.99. The monoisotopic (exact) mass is 408 g/mol. The third-order valence-corrected chi connectivity index (χ3v) is 5.45. The zero-order valence-electron chi connectivity index (χ0n) is 15.8. The Bertz CT molecular complexity index is 1020. The van der Waals surface area contributed by atoms with Crippen LogP contribution in [0.4, 0.5) is 5.69 Å². The molecule has 0 spiro atoms. The highest BCUT2D eigenvalue weighted by Crippen LogP contribution is 2.40. The summed E-state index contributed by atoms with van der Waals surface area (Å²) >= 11 is 1.37. The number of hydrogen-bond donors (Lipinski definition) is 2. The smallest absolute Gasteiger partial charge is 0.251 e. The van der Waals surface area contributed by atoms with Crippen LogP contribution in [0.2, 0.25) is 0 Å². The molecule has 0 aliphatic heterocycles. The molecule has 2 amide bonds. The van der Waals surface area contributed by atoms with E-state index in [9.17, 15) is 9.59 Å². The summed E-state index contributed by atoms with van der Waals surface area (Å²) in [5.41, 5.74) is 2.15. The Morgan fingerprint density at radius 1 is 1.10 bits per heavy atom. The minimum atomic E-state index is -0.164. The maximum absolute atomic E-state index is 12.4. The molecule has 0 unspecified atom stereocenters. The summed E-state index contributed by atoms with van der Waals surface area (Å²) < 4.78 is 2.12. The topological polar surface area (TPSA) is 102 Å². The van der Waals surface area contributed by atoms with Gasteiger partial charge in [0.25, 0.3) is 5.91 Å². The number of anilines is 1. The average Bonchev–Trinajstić information content (AvgIpc) is 3.51. The summed E-state index contributed by atoms with van der Waals surface area (Å²) in [7, 11) is 1.58. The summed E-state index contributed by atoms with van der Waals surface area (Å²) in [6, 6.07) is 11.0. The quantitative estimate of drug-likeness (QED) is 0.583. The minimum Gasteiger partial charge on any atom is -0.355 e. The number of hydrogen-bond acceptors (Lipinski definition) is 6. The maximum atomic E-state index is 12.4. The first-order valence-electron chi connectivity index (χ1n) is 9.26. The van der Waals surface area contributed by atoms with Crippen molar-refractivity contribution in [3.8, 4) is 11.4 Å². The van der Waals surface area contributed by atoms with Crippen LogP contribution in [0.5, 0.6) is 0 Å². The molecule has 0 atom stereocenters. The molecule has 8 nitrogen and oxygen atoms in total. The van der Waals surface area contributed by atoms with Crippen LogP contribution in [0, 0.1) is 0 Å². The molecule has 1 aliphatic rings. The molecule has 0 bridgehead atoms. The van der Waals surface area contributed by atoms with Crippen molar-refractivity contribution in [3.63, 3.8) is 0 Å². The fourth-order valence-electron chi connectivity index (χ4n) is 2.91. The molecule has 1 saturated carbocycles. The van der Waals surface area contributed by atoms with Crippen LogP contribution >= 0.6 is 11.8 Å². The number of thioether (sulfide) groups is 1. The van der Waals surface area contributed by atoms with Crippen LogP contribution in [-0.2, 0) is 4.79 Å². The van der Waals surface area contributed by atoms with E-state index in [0.717, 1.165) is 29.4 Å². The van der Waals surface area contributed by atoms with Gasteiger partial charge in [0, 0.05) is 42.3 Å². The van der Waals surface area contributed by atoms with Gasteiger partial charge in [-0.2, -0.15) is 0 Å². The lowest BCUT2D eigenvalue weighted by Crippen LogP contribution is -2.18. The van der Waals surface area contributed by atoms with E-state index in [1.165, 1.54) is 11.8 Å². The lowest BCUT2D eigenvalue weighted by molar-refractivity contribution is -0.113. The lowest BCUT2D eigenvalue weighted by Gasteiger charge is -2.09. The summed E-state index contributed by atoms with van der Waals surface area (Å²) in [5.74, 6) is 0.724. The van der Waals surface area contributed by atoms with Gasteiger partial charge in [0.15, 0.2) is 11.0 Å². The van der Waals surface area contributed by atoms with Gasteiger partial charge in [-0.3, -0.25) is 19.1 Å². The van der Waals surface area contributed by atoms with Crippen molar-refractivity contribution >= 4 is 29.3 Å². The van der Waals surface area contributed by atoms with E-state index in [4.69, 9.17) is 0 Å². The van der Waals surface area contributed by atoms with Gasteiger partial charge in [-0.25, -0.2) is 0 Å². The molecule has 2 N–H and O–H groups in total. The molecule has 0 radical (unpaired) electrons. The van der Waals surface area contributed by atoms with Gasteiger partial charge < -0.3 is 10.6 Å². The van der Waals surface area contributed by atoms with Crippen LogP contribution in [0.1, 0.15) is 29.2 Å². The Labute approximate surface area is 172 Å². The predicted octanol–water partition coefficient (Wildman–Crippen LogP) is 2.77. The fourth-order valence-corrected chi connectivity index (χ4v) is 3.72. The SMILES string of the molecule is CNC(=O)c1ccc(NC(=O)CSc2nnc(-c3ccncc3)n2C2CC2)cc1. The van der Waals surface area contributed by atoms with Crippen molar-refractivity contribution in [2.24, 2.45) is 0 Å². The molecule has 148 valence electrons. The van der Waals surface area contributed by atoms with E-state index in [0.29, 0.717) is 17.3 Å². The Hall–Kier alpha value is -3.20. The highest BCUT2D eigenvalue weighted by atomic mass is 32.2. The van der Waals surface area contributed by atoms with Crippen LogP contribution in [-0.4, -0.2) is 44.4 Å². The van der Waals surface area contributed by atoms with Gasteiger partial charge in [0.1, 0.15) is 0 Å². The van der Waals surface area contributed by atoms with E-state index in [1.807, 2.05) is 12.1 Å². The van der Waals surface area contributed by atoms with Crippen LogP contribution in [0.25, 0.3) is 11.4 Å². The van der Waals surface area contributed by atoms with E-state index in [2.05, 4.69) is 30.4 Å². The van der Waals surface area contributed by atoms with E-state index in [1.54, 1.807) is 43.7 Å². The van der Waals surface area contributed by atoms with Crippen molar-refractivity contribution in [2.75, 3.05) is 18.1 Å². The third kappa shape index (κ3) is 4.45. The fraction of sp³-hybridized carbons (Fsp3) is 0.250. The Morgan fingerprint density at radius 3 is 2.48 bits per heavy atom. The number of carbonyl (C=O) groups is 2. The molecule has 1 aromatic carbocycles. The molecule has 1 fully saturated rings. The Balaban J connectivity index is 1.41. The normalized spacial score (nSPS) is 13.1. The van der Waals surface area contributed by atoms with Gasteiger partial charge in [0.05, 0.1) is 5.75 Å². The molecule has 4 rings (SSSR count). The van der Waals surface area contributed by atoms with Crippen molar-refractivity contribution in [1.29, 1.82) is 0 Å². The van der Waals surface area contributed by atoms with Crippen molar-refractivity contribution < 1.29 is 9.59 Å². The van der Waals surface area contributed by atoms with Crippen LogP contribution in [0.15, 0.2) is 53.9 Å². The molecule has 0 saturated heterocycles. The standard InChI is InChI=1S/C20H20N6O2S/c1-21-19(28)14-2-4-15(5-3-14)23-17(27)12-29-20-25-24-18(26(20)16-6-7-16)13-8-10-22-11-9-13/h2-5,8-11,16H,6-7,12H2,1H3,(H,21,28)(H,23,27). The van der Waals surface area contributed by atoms with E-state index in [-0.39, 0.29) is 17.6 Å². The zero-order valence-corrected chi connectivity index (χ0v) is 16.6. The first kappa shape index (κ1) is 19.1. The summed E-state index contributed by atoms with van der Waals surface area (Å²) in [4.78, 5) is 28.0. The van der Waals surface area contributed by atoms with Crippen molar-refractivity contribution in [1.82, 2.24) is 25.1 Å². The second kappa shape index (κ2) is 8.44. The number of nitrogens with zero attached hydrogens (tertiary/aromatic N) is 4. The maximum Gasteiger partial charge on any atom is 0.251 e. The minimum absolute atomic E-state index is 0.140. The molecule has 2 aromatic heterocycles. The zero-order chi connectivity index (χ0) is 20.2. The van der Waals surface area contributed by atoms with Crippen LogP contribution < -0.4 is 10.6 Å². The Morgan fingerprint density at radius 2 is 1.83 bits per heavy atom. The summed E-state index contributed by atoms with van der Waals surface area (Å²) in [6.07, 6.45) is 5.65. The molecule has 29 heavy (non-hydrogen) atoms. The van der Waals surface area contributed by atoms with E-state index < -0.39 is 0 Å². The third-order valence-electron chi connectivity index (χ3n) is 4.51. The van der Waals surface area contributed by atoms with E-state index >= 15 is 0 Å². The van der Waals surface area contributed by atoms with Gasteiger partial charge >= 0.3 is 0 Å². The van der Waals surface area contributed by atoms with Crippen molar-refractivity contribution in [3.05, 3.63) is 54.4 Å². The van der Waals surface area contributed by atoms with Crippen LogP contribution in [0.3, 0.4) is 0 Å². The number of aromatic nitrogens is 4. The second-order valence-corrected chi connectivity index (χ2v) is 7.58. The van der Waals surface area contributed by atoms with Gasteiger partial charge in [0.2, 0.25) is 5.91 Å². The van der Waals surface area contributed by atoms with Gasteiger partial charge in [-0.05, 0) is 49.2 Å². The van der Waals surface area contributed by atoms with Gasteiger partial charge in [-0.15, -0.1) is 10.2 Å². The number of carbonyl (C=O) groups excluding carboxylic acids is 2. The molecular formula is C20H20N6O2S. The molecule has 2 heterocycles.